The molecule has 8 heteroatoms. The molecule has 3 rings (SSSR count). The molecule has 0 heterocycles. The minimum atomic E-state index is -0.453. The maximum Gasteiger partial charge on any atom is 0.269 e. The van der Waals surface area contributed by atoms with Crippen LogP contribution in [0, 0.1) is 0 Å². The third-order valence-corrected chi connectivity index (χ3v) is 4.21. The topological polar surface area (TPSA) is 79.5 Å². The Hall–Kier alpha value is -3.16. The molecule has 0 aliphatic carbocycles. The fraction of sp³-hybridized carbons (Fsp3) is 0.0500. The van der Waals surface area contributed by atoms with E-state index in [1.54, 1.807) is 30.3 Å². The van der Waals surface area contributed by atoms with E-state index < -0.39 is 11.8 Å². The minimum absolute atomic E-state index is 0.0474. The Labute approximate surface area is 171 Å². The molecule has 3 aromatic rings. The van der Waals surface area contributed by atoms with Crippen LogP contribution in [-0.4, -0.2) is 23.5 Å². The Kier molecular flexibility index (Phi) is 6.41. The number of carbonyl (C=O) groups is 2. The van der Waals surface area contributed by atoms with Gasteiger partial charge in [0.2, 0.25) is 0 Å². The number of carbonyl (C=O) groups excluding carboxylic acids is 2. The summed E-state index contributed by atoms with van der Waals surface area (Å²) in [6.45, 7) is -0.221. The van der Waals surface area contributed by atoms with Crippen LogP contribution in [0.4, 0.5) is 0 Å². The van der Waals surface area contributed by atoms with E-state index >= 15 is 0 Å². The predicted molar refractivity (Wildman–Crippen MR) is 112 cm³/mol. The molecule has 3 N–H and O–H groups in total. The van der Waals surface area contributed by atoms with Crippen molar-refractivity contribution in [2.45, 2.75) is 0 Å². The number of amides is 2. The number of benzene rings is 3. The number of nitrogens with one attached hydrogen (secondary N) is 3. The molecule has 0 fully saturated rings. The molecule has 0 unspecified atom stereocenters. The van der Waals surface area contributed by atoms with Gasteiger partial charge in [-0.25, -0.2) is 0 Å². The lowest BCUT2D eigenvalue weighted by Gasteiger charge is -2.12. The van der Waals surface area contributed by atoms with Crippen LogP contribution in [0.5, 0.6) is 5.75 Å². The van der Waals surface area contributed by atoms with Gasteiger partial charge in [-0.05, 0) is 47.9 Å². The molecular weight excluding hydrogens is 398 g/mol. The van der Waals surface area contributed by atoms with Crippen molar-refractivity contribution in [1.82, 2.24) is 16.2 Å². The van der Waals surface area contributed by atoms with Crippen molar-refractivity contribution in [3.05, 3.63) is 77.3 Å². The van der Waals surface area contributed by atoms with Gasteiger partial charge in [0.05, 0.1) is 0 Å². The highest BCUT2D eigenvalue weighted by atomic mass is 35.5. The van der Waals surface area contributed by atoms with Crippen molar-refractivity contribution >= 4 is 51.5 Å². The van der Waals surface area contributed by atoms with Gasteiger partial charge < -0.3 is 4.74 Å². The van der Waals surface area contributed by atoms with E-state index in [4.69, 9.17) is 28.6 Å². The number of ether oxygens (including phenoxy) is 1. The summed E-state index contributed by atoms with van der Waals surface area (Å²) in [5.41, 5.74) is 5.25. The van der Waals surface area contributed by atoms with Gasteiger partial charge in [-0.15, -0.1) is 0 Å². The highest BCUT2D eigenvalue weighted by Crippen LogP contribution is 2.24. The van der Waals surface area contributed by atoms with Gasteiger partial charge in [-0.2, -0.15) is 0 Å². The third-order valence-electron chi connectivity index (χ3n) is 3.76. The first-order valence-corrected chi connectivity index (χ1v) is 9.08. The fourth-order valence-electron chi connectivity index (χ4n) is 2.45. The molecule has 3 aromatic carbocycles. The second-order valence-electron chi connectivity index (χ2n) is 5.73. The normalized spacial score (nSPS) is 10.2. The molecule has 0 aliphatic heterocycles. The quantitative estimate of drug-likeness (QED) is 0.452. The lowest BCUT2D eigenvalue weighted by Crippen LogP contribution is -2.49. The van der Waals surface area contributed by atoms with Crippen molar-refractivity contribution in [2.24, 2.45) is 0 Å². The zero-order valence-corrected chi connectivity index (χ0v) is 16.1. The summed E-state index contributed by atoms with van der Waals surface area (Å²) in [5.74, 6) is -0.269. The number of thiocarbonyl (C=S) groups is 1. The molecule has 0 spiro atoms. The molecule has 0 saturated carbocycles. The van der Waals surface area contributed by atoms with Gasteiger partial charge in [0.1, 0.15) is 5.75 Å². The molecule has 0 saturated heterocycles. The van der Waals surface area contributed by atoms with Gasteiger partial charge in [0.25, 0.3) is 11.8 Å². The Morgan fingerprint density at radius 3 is 2.43 bits per heavy atom. The van der Waals surface area contributed by atoms with Crippen LogP contribution in [0.15, 0.2) is 66.7 Å². The van der Waals surface area contributed by atoms with Crippen LogP contribution < -0.4 is 20.9 Å². The Morgan fingerprint density at radius 1 is 0.929 bits per heavy atom. The molecule has 2 amide bonds. The average Bonchev–Trinajstić information content (AvgIpc) is 2.71. The van der Waals surface area contributed by atoms with Crippen LogP contribution in [0.25, 0.3) is 10.8 Å². The highest BCUT2D eigenvalue weighted by molar-refractivity contribution is 7.80. The van der Waals surface area contributed by atoms with Crippen molar-refractivity contribution in [3.63, 3.8) is 0 Å². The standard InChI is InChI=1S/C20H16ClN3O3S/c21-15-10-8-14(9-11-15)19(26)23-24-20(28)22-18(25)12-27-17-7-3-5-13-4-1-2-6-16(13)17/h1-11H,12H2,(H,23,26)(H2,22,24,25,28). The van der Waals surface area contributed by atoms with E-state index in [0.29, 0.717) is 16.3 Å². The molecule has 0 radical (unpaired) electrons. The first-order valence-electron chi connectivity index (χ1n) is 8.29. The van der Waals surface area contributed by atoms with Crippen LogP contribution in [0.2, 0.25) is 5.02 Å². The average molecular weight is 414 g/mol. The fourth-order valence-corrected chi connectivity index (χ4v) is 2.74. The molecule has 142 valence electrons. The second-order valence-corrected chi connectivity index (χ2v) is 6.57. The molecule has 0 aliphatic rings. The summed E-state index contributed by atoms with van der Waals surface area (Å²) in [4.78, 5) is 24.0. The van der Waals surface area contributed by atoms with Gasteiger partial charge >= 0.3 is 0 Å². The maximum atomic E-state index is 12.0. The molecule has 28 heavy (non-hydrogen) atoms. The first kappa shape index (κ1) is 19.6. The highest BCUT2D eigenvalue weighted by Gasteiger charge is 2.09. The van der Waals surface area contributed by atoms with Crippen molar-refractivity contribution in [2.75, 3.05) is 6.61 Å². The molecule has 0 bridgehead atoms. The monoisotopic (exact) mass is 413 g/mol. The number of rotatable bonds is 4. The zero-order valence-electron chi connectivity index (χ0n) is 14.6. The third kappa shape index (κ3) is 5.18. The summed E-state index contributed by atoms with van der Waals surface area (Å²) in [7, 11) is 0. The lowest BCUT2D eigenvalue weighted by atomic mass is 10.1. The molecule has 0 aromatic heterocycles. The number of fused-ring (bicyclic) bond motifs is 1. The SMILES string of the molecule is O=C(COc1cccc2ccccc12)NC(=S)NNC(=O)c1ccc(Cl)cc1. The first-order chi connectivity index (χ1) is 13.5. The number of hydrogen-bond donors (Lipinski definition) is 3. The summed E-state index contributed by atoms with van der Waals surface area (Å²) < 4.78 is 5.59. The van der Waals surface area contributed by atoms with Crippen LogP contribution >= 0.6 is 23.8 Å². The Balaban J connectivity index is 1.47. The largest absolute Gasteiger partial charge is 0.483 e. The maximum absolute atomic E-state index is 12.0. The van der Waals surface area contributed by atoms with Crippen molar-refractivity contribution in [1.29, 1.82) is 0 Å². The molecular formula is C20H16ClN3O3S. The van der Waals surface area contributed by atoms with E-state index in [2.05, 4.69) is 16.2 Å². The number of halogens is 1. The zero-order chi connectivity index (χ0) is 19.9. The Bertz CT molecular complexity index is 1020. The number of hydrazine groups is 1. The minimum Gasteiger partial charge on any atom is -0.483 e. The van der Waals surface area contributed by atoms with E-state index in [1.807, 2.05) is 36.4 Å². The number of hydrogen-bond acceptors (Lipinski definition) is 4. The summed E-state index contributed by atoms with van der Waals surface area (Å²) in [5, 5.41) is 4.84. The van der Waals surface area contributed by atoms with Crippen LogP contribution in [0.1, 0.15) is 10.4 Å². The van der Waals surface area contributed by atoms with Gasteiger partial charge in [-0.3, -0.25) is 25.8 Å². The van der Waals surface area contributed by atoms with E-state index in [1.165, 1.54) is 0 Å². The van der Waals surface area contributed by atoms with Crippen molar-refractivity contribution in [3.8, 4) is 5.75 Å². The lowest BCUT2D eigenvalue weighted by molar-refractivity contribution is -0.121. The van der Waals surface area contributed by atoms with E-state index in [0.717, 1.165) is 10.8 Å². The van der Waals surface area contributed by atoms with Crippen LogP contribution in [0.3, 0.4) is 0 Å². The summed E-state index contributed by atoms with van der Waals surface area (Å²) in [6.07, 6.45) is 0. The Morgan fingerprint density at radius 2 is 1.64 bits per heavy atom. The van der Waals surface area contributed by atoms with E-state index in [-0.39, 0.29) is 11.7 Å². The smallest absolute Gasteiger partial charge is 0.269 e. The second kappa shape index (κ2) is 9.16. The van der Waals surface area contributed by atoms with E-state index in [9.17, 15) is 9.59 Å². The van der Waals surface area contributed by atoms with Crippen LogP contribution in [-0.2, 0) is 4.79 Å². The predicted octanol–water partition coefficient (Wildman–Crippen LogP) is 3.21. The van der Waals surface area contributed by atoms with Crippen molar-refractivity contribution < 1.29 is 14.3 Å². The van der Waals surface area contributed by atoms with Gasteiger partial charge in [0.15, 0.2) is 11.7 Å². The van der Waals surface area contributed by atoms with Gasteiger partial charge in [-0.1, -0.05) is 48.0 Å². The summed E-state index contributed by atoms with van der Waals surface area (Å²) in [6, 6.07) is 19.7. The molecule has 0 atom stereocenters. The van der Waals surface area contributed by atoms with Gasteiger partial charge in [0, 0.05) is 16.0 Å². The molecule has 6 nitrogen and oxygen atoms in total. The summed E-state index contributed by atoms with van der Waals surface area (Å²) >= 11 is 10.8.